The van der Waals surface area contributed by atoms with Crippen molar-refractivity contribution in [1.29, 1.82) is 0 Å². The van der Waals surface area contributed by atoms with Gasteiger partial charge in [-0.1, -0.05) is 30.3 Å². The predicted octanol–water partition coefficient (Wildman–Crippen LogP) is 2.43. The molecule has 1 aliphatic heterocycles. The summed E-state index contributed by atoms with van der Waals surface area (Å²) in [7, 11) is 1.38. The van der Waals surface area contributed by atoms with Crippen molar-refractivity contribution >= 4 is 5.97 Å². The van der Waals surface area contributed by atoms with Gasteiger partial charge in [-0.05, 0) is 18.1 Å². The van der Waals surface area contributed by atoms with Crippen LogP contribution in [0.2, 0.25) is 0 Å². The first-order chi connectivity index (χ1) is 11.8. The van der Waals surface area contributed by atoms with Crippen LogP contribution in [0.4, 0.5) is 0 Å². The molecular formula is C19H24N2O3. The number of hydrogen-bond acceptors (Lipinski definition) is 5. The molecule has 0 bridgehead atoms. The minimum absolute atomic E-state index is 0.323. The summed E-state index contributed by atoms with van der Waals surface area (Å²) in [4.78, 5) is 16.5. The van der Waals surface area contributed by atoms with Crippen molar-refractivity contribution in [3.63, 3.8) is 0 Å². The lowest BCUT2D eigenvalue weighted by Gasteiger charge is -2.34. The molecule has 128 valence electrons. The van der Waals surface area contributed by atoms with Crippen LogP contribution in [0.1, 0.15) is 21.7 Å². The van der Waals surface area contributed by atoms with E-state index in [2.05, 4.69) is 40.1 Å². The summed E-state index contributed by atoms with van der Waals surface area (Å²) in [5.74, 6) is -0.0829. The van der Waals surface area contributed by atoms with Gasteiger partial charge in [-0.25, -0.2) is 4.79 Å². The third-order valence-corrected chi connectivity index (χ3v) is 4.54. The SMILES string of the molecule is COC(=O)c1occc1CN1CCN(CCc2ccccc2)CC1. The average molecular weight is 328 g/mol. The second-order valence-electron chi connectivity index (χ2n) is 6.12. The van der Waals surface area contributed by atoms with Gasteiger partial charge >= 0.3 is 5.97 Å². The fraction of sp³-hybridized carbons (Fsp3) is 0.421. The predicted molar refractivity (Wildman–Crippen MR) is 91.9 cm³/mol. The molecule has 0 aliphatic carbocycles. The molecule has 5 heteroatoms. The lowest BCUT2D eigenvalue weighted by Crippen LogP contribution is -2.46. The van der Waals surface area contributed by atoms with Crippen LogP contribution in [0.5, 0.6) is 0 Å². The average Bonchev–Trinajstić information content (AvgIpc) is 3.09. The first-order valence-electron chi connectivity index (χ1n) is 8.39. The number of carbonyl (C=O) groups is 1. The highest BCUT2D eigenvalue weighted by molar-refractivity contribution is 5.87. The molecule has 2 aromatic rings. The Balaban J connectivity index is 1.45. The smallest absolute Gasteiger partial charge is 0.374 e. The third-order valence-electron chi connectivity index (χ3n) is 4.54. The highest BCUT2D eigenvalue weighted by Crippen LogP contribution is 2.16. The molecule has 0 radical (unpaired) electrons. The van der Waals surface area contributed by atoms with Crippen LogP contribution >= 0.6 is 0 Å². The normalized spacial score (nSPS) is 16.2. The Morgan fingerprint density at radius 3 is 2.50 bits per heavy atom. The Morgan fingerprint density at radius 1 is 1.08 bits per heavy atom. The molecule has 1 aromatic heterocycles. The maximum Gasteiger partial charge on any atom is 0.374 e. The van der Waals surface area contributed by atoms with E-state index in [0.29, 0.717) is 5.76 Å². The van der Waals surface area contributed by atoms with E-state index in [1.807, 2.05) is 6.07 Å². The van der Waals surface area contributed by atoms with E-state index in [1.165, 1.54) is 12.7 Å². The Bertz CT molecular complexity index is 646. The molecule has 5 nitrogen and oxygen atoms in total. The van der Waals surface area contributed by atoms with Crippen molar-refractivity contribution in [1.82, 2.24) is 9.80 Å². The quantitative estimate of drug-likeness (QED) is 0.762. The Labute approximate surface area is 142 Å². The highest BCUT2D eigenvalue weighted by Gasteiger charge is 2.21. The summed E-state index contributed by atoms with van der Waals surface area (Å²) in [6, 6.07) is 12.5. The second kappa shape index (κ2) is 8.13. The number of esters is 1. The van der Waals surface area contributed by atoms with Gasteiger partial charge in [-0.3, -0.25) is 4.90 Å². The van der Waals surface area contributed by atoms with Crippen LogP contribution in [-0.4, -0.2) is 55.6 Å². The first-order valence-corrected chi connectivity index (χ1v) is 8.39. The van der Waals surface area contributed by atoms with Gasteiger partial charge in [-0.2, -0.15) is 0 Å². The number of hydrogen-bond donors (Lipinski definition) is 0. The number of nitrogens with zero attached hydrogens (tertiary/aromatic N) is 2. The molecule has 0 spiro atoms. The zero-order valence-electron chi connectivity index (χ0n) is 14.1. The molecular weight excluding hydrogens is 304 g/mol. The van der Waals surface area contributed by atoms with Crippen LogP contribution < -0.4 is 0 Å². The number of rotatable bonds is 6. The number of methoxy groups -OCH3 is 1. The molecule has 24 heavy (non-hydrogen) atoms. The lowest BCUT2D eigenvalue weighted by molar-refractivity contribution is 0.0560. The Kier molecular flexibility index (Phi) is 5.67. The lowest BCUT2D eigenvalue weighted by atomic mass is 10.1. The molecule has 0 saturated carbocycles. The van der Waals surface area contributed by atoms with Crippen LogP contribution in [0.25, 0.3) is 0 Å². The van der Waals surface area contributed by atoms with E-state index in [1.54, 1.807) is 6.26 Å². The fourth-order valence-electron chi connectivity index (χ4n) is 3.08. The minimum atomic E-state index is -0.406. The number of carbonyl (C=O) groups excluding carboxylic acids is 1. The highest BCUT2D eigenvalue weighted by atomic mass is 16.5. The number of ether oxygens (including phenoxy) is 1. The van der Waals surface area contributed by atoms with Crippen molar-refractivity contribution in [2.24, 2.45) is 0 Å². The van der Waals surface area contributed by atoms with Crippen LogP contribution in [0.3, 0.4) is 0 Å². The zero-order valence-corrected chi connectivity index (χ0v) is 14.1. The van der Waals surface area contributed by atoms with Crippen molar-refractivity contribution < 1.29 is 13.9 Å². The Morgan fingerprint density at radius 2 is 1.79 bits per heavy atom. The zero-order chi connectivity index (χ0) is 16.8. The summed E-state index contributed by atoms with van der Waals surface area (Å²) in [5.41, 5.74) is 2.29. The molecule has 3 rings (SSSR count). The van der Waals surface area contributed by atoms with Gasteiger partial charge in [0.1, 0.15) is 0 Å². The van der Waals surface area contributed by atoms with Crippen molar-refractivity contribution in [2.45, 2.75) is 13.0 Å². The summed E-state index contributed by atoms with van der Waals surface area (Å²) in [5, 5.41) is 0. The van der Waals surface area contributed by atoms with Gasteiger partial charge in [0, 0.05) is 44.8 Å². The van der Waals surface area contributed by atoms with E-state index < -0.39 is 5.97 Å². The van der Waals surface area contributed by atoms with Crippen LogP contribution in [-0.2, 0) is 17.7 Å². The van der Waals surface area contributed by atoms with Gasteiger partial charge in [0.15, 0.2) is 0 Å². The number of benzene rings is 1. The Hall–Kier alpha value is -2.11. The molecule has 1 saturated heterocycles. The van der Waals surface area contributed by atoms with E-state index in [9.17, 15) is 4.79 Å². The minimum Gasteiger partial charge on any atom is -0.463 e. The van der Waals surface area contributed by atoms with E-state index >= 15 is 0 Å². The maximum atomic E-state index is 11.7. The largest absolute Gasteiger partial charge is 0.463 e. The summed E-state index contributed by atoms with van der Waals surface area (Å²) >= 11 is 0. The van der Waals surface area contributed by atoms with Gasteiger partial charge in [-0.15, -0.1) is 0 Å². The van der Waals surface area contributed by atoms with Crippen molar-refractivity contribution in [2.75, 3.05) is 39.8 Å². The number of piperazine rings is 1. The standard InChI is InChI=1S/C19H24N2O3/c1-23-19(22)18-17(8-14-24-18)15-21-12-10-20(11-13-21)9-7-16-5-3-2-4-6-16/h2-6,8,14H,7,9-13,15H2,1H3. The van der Waals surface area contributed by atoms with Gasteiger partial charge in [0.25, 0.3) is 0 Å². The van der Waals surface area contributed by atoms with Crippen molar-refractivity contribution in [3.05, 3.63) is 59.5 Å². The first kappa shape index (κ1) is 16.7. The summed E-state index contributed by atoms with van der Waals surface area (Å²) < 4.78 is 10.0. The van der Waals surface area contributed by atoms with E-state index in [-0.39, 0.29) is 0 Å². The second-order valence-corrected chi connectivity index (χ2v) is 6.12. The summed E-state index contributed by atoms with van der Waals surface area (Å²) in [6.45, 7) is 5.93. The topological polar surface area (TPSA) is 45.9 Å². The monoisotopic (exact) mass is 328 g/mol. The fourth-order valence-corrected chi connectivity index (χ4v) is 3.08. The molecule has 0 amide bonds. The maximum absolute atomic E-state index is 11.7. The van der Waals surface area contributed by atoms with Gasteiger partial charge in [0.05, 0.1) is 13.4 Å². The van der Waals surface area contributed by atoms with Gasteiger partial charge in [0.2, 0.25) is 5.76 Å². The molecule has 0 N–H and O–H groups in total. The van der Waals surface area contributed by atoms with E-state index in [0.717, 1.165) is 51.3 Å². The van der Waals surface area contributed by atoms with E-state index in [4.69, 9.17) is 9.15 Å². The van der Waals surface area contributed by atoms with Crippen LogP contribution in [0.15, 0.2) is 47.1 Å². The number of furan rings is 1. The third kappa shape index (κ3) is 4.24. The molecule has 0 unspecified atom stereocenters. The molecule has 1 aliphatic rings. The molecule has 0 atom stereocenters. The molecule has 1 aromatic carbocycles. The molecule has 2 heterocycles. The van der Waals surface area contributed by atoms with Crippen LogP contribution in [0, 0.1) is 0 Å². The van der Waals surface area contributed by atoms with Crippen molar-refractivity contribution in [3.8, 4) is 0 Å². The van der Waals surface area contributed by atoms with Gasteiger partial charge < -0.3 is 14.1 Å². The summed E-state index contributed by atoms with van der Waals surface area (Å²) in [6.07, 6.45) is 2.65. The molecule has 1 fully saturated rings.